The third-order valence-electron chi connectivity index (χ3n) is 4.37. The Morgan fingerprint density at radius 1 is 1.37 bits per heavy atom. The highest BCUT2D eigenvalue weighted by atomic mass is 35.5. The fourth-order valence-electron chi connectivity index (χ4n) is 2.85. The molecular weight excluding hydrogens is 406 g/mol. The van der Waals surface area contributed by atoms with E-state index in [4.69, 9.17) is 26.8 Å². The van der Waals surface area contributed by atoms with E-state index in [9.17, 15) is 4.79 Å². The molecular formula is C21H27ClN5O3+. The first-order valence-corrected chi connectivity index (χ1v) is 10.1. The van der Waals surface area contributed by atoms with Gasteiger partial charge in [-0.15, -0.1) is 0 Å². The van der Waals surface area contributed by atoms with E-state index in [1.165, 1.54) is 6.20 Å². The number of halogens is 1. The largest absolute Gasteiger partial charge is 0.444 e. The van der Waals surface area contributed by atoms with Crippen LogP contribution in [0, 0.1) is 0 Å². The van der Waals surface area contributed by atoms with Gasteiger partial charge in [0.25, 0.3) is 0 Å². The summed E-state index contributed by atoms with van der Waals surface area (Å²) < 4.78 is 11.1. The van der Waals surface area contributed by atoms with E-state index in [0.29, 0.717) is 36.9 Å². The van der Waals surface area contributed by atoms with Gasteiger partial charge in [0.1, 0.15) is 17.4 Å². The van der Waals surface area contributed by atoms with Crippen LogP contribution in [0.3, 0.4) is 0 Å². The Labute approximate surface area is 180 Å². The van der Waals surface area contributed by atoms with Gasteiger partial charge in [-0.3, -0.25) is 4.98 Å². The van der Waals surface area contributed by atoms with Gasteiger partial charge < -0.3 is 20.1 Å². The molecule has 0 aromatic carbocycles. The summed E-state index contributed by atoms with van der Waals surface area (Å²) in [4.78, 5) is 25.4. The third kappa shape index (κ3) is 5.90. The molecule has 2 aromatic rings. The second-order valence-electron chi connectivity index (χ2n) is 7.99. The Morgan fingerprint density at radius 3 is 2.83 bits per heavy atom. The van der Waals surface area contributed by atoms with Crippen molar-refractivity contribution in [1.29, 1.82) is 0 Å². The zero-order chi connectivity index (χ0) is 21.7. The van der Waals surface area contributed by atoms with Crippen molar-refractivity contribution in [2.75, 3.05) is 26.2 Å². The SMILES string of the molecule is CC(C)(C)OC(=O)N1CC(OCC[NH+]=CC(=CN)c2cnc3ccc(Cl)nc3c2)C1. The van der Waals surface area contributed by atoms with Gasteiger partial charge in [-0.2, -0.15) is 0 Å². The predicted octanol–water partition coefficient (Wildman–Crippen LogP) is 1.37. The maximum Gasteiger partial charge on any atom is 0.410 e. The normalized spacial score (nSPS) is 15.6. The predicted molar refractivity (Wildman–Crippen MR) is 116 cm³/mol. The average molecular weight is 433 g/mol. The molecule has 30 heavy (non-hydrogen) atoms. The van der Waals surface area contributed by atoms with Crippen molar-refractivity contribution >= 4 is 40.5 Å². The number of pyridine rings is 2. The van der Waals surface area contributed by atoms with Gasteiger partial charge in [0.2, 0.25) is 0 Å². The van der Waals surface area contributed by atoms with Crippen molar-refractivity contribution in [2.24, 2.45) is 5.73 Å². The molecule has 160 valence electrons. The van der Waals surface area contributed by atoms with E-state index in [1.807, 2.05) is 39.1 Å². The molecule has 1 aliphatic rings. The van der Waals surface area contributed by atoms with Gasteiger partial charge >= 0.3 is 6.09 Å². The Bertz CT molecular complexity index is 965. The topological polar surface area (TPSA) is 105 Å². The summed E-state index contributed by atoms with van der Waals surface area (Å²) in [5.74, 6) is 0. The van der Waals surface area contributed by atoms with Crippen molar-refractivity contribution in [1.82, 2.24) is 14.9 Å². The van der Waals surface area contributed by atoms with Gasteiger partial charge in [0.05, 0.1) is 35.8 Å². The smallest absolute Gasteiger partial charge is 0.410 e. The first-order valence-electron chi connectivity index (χ1n) is 9.76. The zero-order valence-corrected chi connectivity index (χ0v) is 18.1. The number of aromatic nitrogens is 2. The lowest BCUT2D eigenvalue weighted by Crippen LogP contribution is -2.70. The molecule has 3 rings (SSSR count). The number of rotatable bonds is 6. The van der Waals surface area contributed by atoms with E-state index in [2.05, 4.69) is 15.0 Å². The number of carbonyl (C=O) groups excluding carboxylic acids is 1. The minimum atomic E-state index is -0.486. The molecule has 1 saturated heterocycles. The van der Waals surface area contributed by atoms with Crippen LogP contribution in [0.4, 0.5) is 4.79 Å². The van der Waals surface area contributed by atoms with Gasteiger partial charge in [-0.25, -0.2) is 14.8 Å². The lowest BCUT2D eigenvalue weighted by Gasteiger charge is -2.39. The van der Waals surface area contributed by atoms with Crippen LogP contribution in [-0.2, 0) is 9.47 Å². The van der Waals surface area contributed by atoms with E-state index in [-0.39, 0.29) is 12.2 Å². The summed E-state index contributed by atoms with van der Waals surface area (Å²) in [6, 6.07) is 5.42. The number of allylic oxidation sites excluding steroid dienone is 1. The number of fused-ring (bicyclic) bond motifs is 1. The standard InChI is InChI=1S/C21H26ClN5O3/c1-21(2,3)30-20(28)27-12-16(13-27)29-7-6-24-10-15(9-23)14-8-18-17(25-11-14)4-5-19(22)26-18/h4-5,8-11,16H,6-7,12-13,23H2,1-3H3/p+1. The zero-order valence-electron chi connectivity index (χ0n) is 17.4. The molecule has 8 nitrogen and oxygen atoms in total. The summed E-state index contributed by atoms with van der Waals surface area (Å²) in [6.45, 7) is 7.76. The molecule has 3 heterocycles. The van der Waals surface area contributed by atoms with E-state index < -0.39 is 5.60 Å². The molecule has 0 spiro atoms. The lowest BCUT2D eigenvalue weighted by molar-refractivity contribution is -0.456. The molecule has 0 saturated carbocycles. The number of nitrogens with one attached hydrogen (secondary N) is 1. The highest BCUT2D eigenvalue weighted by molar-refractivity contribution is 6.29. The molecule has 0 unspecified atom stereocenters. The number of carbonyl (C=O) groups is 1. The molecule has 0 bridgehead atoms. The second kappa shape index (κ2) is 9.40. The first kappa shape index (κ1) is 22.0. The number of likely N-dealkylation sites (tertiary alicyclic amines) is 1. The van der Waals surface area contributed by atoms with E-state index in [0.717, 1.165) is 16.7 Å². The van der Waals surface area contributed by atoms with E-state index >= 15 is 0 Å². The summed E-state index contributed by atoms with van der Waals surface area (Å²) in [7, 11) is 0. The Balaban J connectivity index is 1.44. The number of ether oxygens (including phenoxy) is 2. The lowest BCUT2D eigenvalue weighted by atomic mass is 10.1. The number of hydrogen-bond acceptors (Lipinski definition) is 6. The van der Waals surface area contributed by atoms with Gasteiger partial charge in [-0.1, -0.05) is 11.6 Å². The summed E-state index contributed by atoms with van der Waals surface area (Å²) in [5.41, 5.74) is 8.37. The van der Waals surface area contributed by atoms with Crippen LogP contribution in [0.1, 0.15) is 26.3 Å². The Kier molecular flexibility index (Phi) is 6.89. The van der Waals surface area contributed by atoms with Gasteiger partial charge in [0.15, 0.2) is 12.8 Å². The molecule has 0 atom stereocenters. The highest BCUT2D eigenvalue weighted by Crippen LogP contribution is 2.18. The number of nitrogens with zero attached hydrogens (tertiary/aromatic N) is 3. The summed E-state index contributed by atoms with van der Waals surface area (Å²) in [5, 5.41) is 0.417. The average Bonchev–Trinajstić information content (AvgIpc) is 2.63. The Morgan fingerprint density at radius 2 is 2.13 bits per heavy atom. The molecule has 1 fully saturated rings. The van der Waals surface area contributed by atoms with Crippen molar-refractivity contribution in [3.8, 4) is 0 Å². The molecule has 2 aromatic heterocycles. The number of amides is 1. The van der Waals surface area contributed by atoms with Crippen molar-refractivity contribution in [2.45, 2.75) is 32.5 Å². The van der Waals surface area contributed by atoms with Crippen LogP contribution in [0.25, 0.3) is 16.6 Å². The van der Waals surface area contributed by atoms with Crippen LogP contribution in [0.15, 0.2) is 30.6 Å². The van der Waals surface area contributed by atoms with Crippen LogP contribution in [-0.4, -0.2) is 65.1 Å². The van der Waals surface area contributed by atoms with E-state index in [1.54, 1.807) is 17.2 Å². The van der Waals surface area contributed by atoms with Crippen LogP contribution >= 0.6 is 11.6 Å². The molecule has 0 aliphatic carbocycles. The molecule has 1 aliphatic heterocycles. The van der Waals surface area contributed by atoms with Crippen molar-refractivity contribution < 1.29 is 19.3 Å². The number of nitrogens with two attached hydrogens (primary N) is 1. The first-order chi connectivity index (χ1) is 14.2. The van der Waals surface area contributed by atoms with Gasteiger partial charge in [0, 0.05) is 18.0 Å². The molecule has 1 amide bonds. The quantitative estimate of drug-likeness (QED) is 0.406. The maximum atomic E-state index is 11.9. The van der Waals surface area contributed by atoms with Crippen LogP contribution in [0.5, 0.6) is 0 Å². The molecule has 9 heteroatoms. The number of hydrogen-bond donors (Lipinski definition) is 2. The van der Waals surface area contributed by atoms with Crippen molar-refractivity contribution in [3.05, 3.63) is 41.3 Å². The summed E-state index contributed by atoms with van der Waals surface area (Å²) >= 11 is 5.96. The highest BCUT2D eigenvalue weighted by Gasteiger charge is 2.34. The molecule has 3 N–H and O–H groups in total. The van der Waals surface area contributed by atoms with Crippen molar-refractivity contribution in [3.63, 3.8) is 0 Å². The maximum absolute atomic E-state index is 11.9. The molecule has 0 radical (unpaired) electrons. The summed E-state index contributed by atoms with van der Waals surface area (Å²) in [6.07, 6.45) is 4.79. The fraction of sp³-hybridized carbons (Fsp3) is 0.429. The van der Waals surface area contributed by atoms with Gasteiger partial charge in [-0.05, 0) is 39.0 Å². The minimum Gasteiger partial charge on any atom is -0.444 e. The monoisotopic (exact) mass is 432 g/mol. The Hall–Kier alpha value is -2.71. The third-order valence-corrected chi connectivity index (χ3v) is 4.58. The van der Waals surface area contributed by atoms with Crippen LogP contribution in [0.2, 0.25) is 5.15 Å². The van der Waals surface area contributed by atoms with Crippen LogP contribution < -0.4 is 10.7 Å². The second-order valence-corrected chi connectivity index (χ2v) is 8.38. The minimum absolute atomic E-state index is 0.0318. The fourth-order valence-corrected chi connectivity index (χ4v) is 3.01.